The smallest absolute Gasteiger partial charge is 0.270 e. The first-order valence-corrected chi connectivity index (χ1v) is 7.95. The maximum absolute atomic E-state index is 12.0. The molecule has 24 heavy (non-hydrogen) atoms. The molecule has 0 aliphatic carbocycles. The van der Waals surface area contributed by atoms with Gasteiger partial charge in [0.15, 0.2) is 0 Å². The summed E-state index contributed by atoms with van der Waals surface area (Å²) in [5, 5.41) is 15.7. The molecule has 1 amide bonds. The molecule has 1 saturated heterocycles. The van der Waals surface area contributed by atoms with Crippen molar-refractivity contribution < 1.29 is 14.6 Å². The molecule has 3 heterocycles. The molecule has 2 aromatic rings. The quantitative estimate of drug-likeness (QED) is 0.716. The largest absolute Gasteiger partial charge is 0.391 e. The number of hydrogen-bond acceptors (Lipinski definition) is 6. The predicted molar refractivity (Wildman–Crippen MR) is 90.7 cm³/mol. The Morgan fingerprint density at radius 1 is 1.46 bits per heavy atom. The van der Waals surface area contributed by atoms with Gasteiger partial charge in [-0.05, 0) is 45.7 Å². The SMILES string of the molecule is CC(C)(C)NC(=O)c1ccc2cnc(N)nn12.OC1CCCOC1. The summed E-state index contributed by atoms with van der Waals surface area (Å²) >= 11 is 0. The van der Waals surface area contributed by atoms with Crippen molar-refractivity contribution in [1.82, 2.24) is 19.9 Å². The van der Waals surface area contributed by atoms with Crippen LogP contribution < -0.4 is 11.1 Å². The lowest BCUT2D eigenvalue weighted by molar-refractivity contribution is -0.00535. The highest BCUT2D eigenvalue weighted by atomic mass is 16.5. The summed E-state index contributed by atoms with van der Waals surface area (Å²) in [6, 6.07) is 3.47. The third kappa shape index (κ3) is 5.17. The van der Waals surface area contributed by atoms with Crippen LogP contribution in [-0.2, 0) is 4.74 Å². The molecule has 8 heteroatoms. The van der Waals surface area contributed by atoms with E-state index in [1.54, 1.807) is 18.3 Å². The van der Waals surface area contributed by atoms with Gasteiger partial charge in [-0.15, -0.1) is 5.10 Å². The zero-order valence-electron chi connectivity index (χ0n) is 14.3. The van der Waals surface area contributed by atoms with Gasteiger partial charge in [-0.1, -0.05) is 0 Å². The van der Waals surface area contributed by atoms with Crippen molar-refractivity contribution in [2.75, 3.05) is 18.9 Å². The molecule has 0 bridgehead atoms. The first-order valence-electron chi connectivity index (χ1n) is 7.95. The third-order valence-corrected chi connectivity index (χ3v) is 3.27. The van der Waals surface area contributed by atoms with E-state index in [1.807, 2.05) is 20.8 Å². The van der Waals surface area contributed by atoms with Crippen molar-refractivity contribution in [2.45, 2.75) is 45.3 Å². The molecule has 1 atom stereocenters. The molecule has 1 aliphatic heterocycles. The Bertz CT molecular complexity index is 687. The number of carbonyl (C=O) groups is 1. The van der Waals surface area contributed by atoms with Crippen LogP contribution in [-0.4, -0.2) is 50.5 Å². The zero-order valence-corrected chi connectivity index (χ0v) is 14.3. The van der Waals surface area contributed by atoms with Crippen LogP contribution in [0.4, 0.5) is 5.95 Å². The number of nitrogens with zero attached hydrogens (tertiary/aromatic N) is 3. The van der Waals surface area contributed by atoms with Crippen LogP contribution in [0, 0.1) is 0 Å². The summed E-state index contributed by atoms with van der Waals surface area (Å²) in [5.41, 5.74) is 6.40. The van der Waals surface area contributed by atoms with Crippen molar-refractivity contribution in [2.24, 2.45) is 0 Å². The van der Waals surface area contributed by atoms with Gasteiger partial charge in [0.2, 0.25) is 5.95 Å². The fourth-order valence-corrected chi connectivity index (χ4v) is 2.21. The number of hydrogen-bond donors (Lipinski definition) is 3. The average Bonchev–Trinajstić information content (AvgIpc) is 2.90. The number of aromatic nitrogens is 3. The maximum atomic E-state index is 12.0. The summed E-state index contributed by atoms with van der Waals surface area (Å²) in [4.78, 5) is 15.9. The van der Waals surface area contributed by atoms with E-state index in [-0.39, 0.29) is 23.5 Å². The highest BCUT2D eigenvalue weighted by molar-refractivity contribution is 5.94. The Balaban J connectivity index is 0.000000249. The number of nitrogen functional groups attached to an aromatic ring is 1. The zero-order chi connectivity index (χ0) is 17.7. The minimum Gasteiger partial charge on any atom is -0.391 e. The van der Waals surface area contributed by atoms with Gasteiger partial charge in [0, 0.05) is 12.1 Å². The number of aliphatic hydroxyl groups excluding tert-OH is 1. The number of nitrogens with two attached hydrogens (primary N) is 1. The number of nitrogens with one attached hydrogen (secondary N) is 1. The molecule has 8 nitrogen and oxygen atoms in total. The van der Waals surface area contributed by atoms with Crippen molar-refractivity contribution in [3.63, 3.8) is 0 Å². The molecule has 2 aromatic heterocycles. The monoisotopic (exact) mass is 335 g/mol. The van der Waals surface area contributed by atoms with E-state index in [9.17, 15) is 4.79 Å². The molecule has 1 unspecified atom stereocenters. The summed E-state index contributed by atoms with van der Waals surface area (Å²) < 4.78 is 6.42. The van der Waals surface area contributed by atoms with E-state index < -0.39 is 0 Å². The van der Waals surface area contributed by atoms with Crippen molar-refractivity contribution in [3.8, 4) is 0 Å². The van der Waals surface area contributed by atoms with Crippen LogP contribution in [0.3, 0.4) is 0 Å². The van der Waals surface area contributed by atoms with Crippen molar-refractivity contribution >= 4 is 17.4 Å². The molecule has 1 aliphatic rings. The topological polar surface area (TPSA) is 115 Å². The number of amides is 1. The second-order valence-corrected chi connectivity index (χ2v) is 6.75. The lowest BCUT2D eigenvalue weighted by Gasteiger charge is -2.20. The highest BCUT2D eigenvalue weighted by Gasteiger charge is 2.18. The van der Waals surface area contributed by atoms with Gasteiger partial charge in [0.25, 0.3) is 5.91 Å². The molecule has 4 N–H and O–H groups in total. The molecule has 3 rings (SSSR count). The minimum absolute atomic E-state index is 0.138. The summed E-state index contributed by atoms with van der Waals surface area (Å²) in [5.74, 6) is -0.0471. The van der Waals surface area contributed by atoms with Crippen LogP contribution in [0.2, 0.25) is 0 Å². The van der Waals surface area contributed by atoms with Crippen LogP contribution in [0.15, 0.2) is 18.3 Å². The number of carbonyl (C=O) groups excluding carboxylic acids is 1. The van der Waals surface area contributed by atoms with Gasteiger partial charge in [0.1, 0.15) is 5.69 Å². The van der Waals surface area contributed by atoms with E-state index >= 15 is 0 Å². The van der Waals surface area contributed by atoms with Crippen molar-refractivity contribution in [3.05, 3.63) is 24.0 Å². The molecule has 0 aromatic carbocycles. The minimum atomic E-state index is -0.292. The Hall–Kier alpha value is -2.19. The third-order valence-electron chi connectivity index (χ3n) is 3.27. The Kier molecular flexibility index (Phi) is 5.74. The molecule has 132 valence electrons. The Morgan fingerprint density at radius 3 is 2.75 bits per heavy atom. The predicted octanol–water partition coefficient (Wildman–Crippen LogP) is 0.998. The molecular weight excluding hydrogens is 310 g/mol. The highest BCUT2D eigenvalue weighted by Crippen LogP contribution is 2.10. The Morgan fingerprint density at radius 2 is 2.21 bits per heavy atom. The fraction of sp³-hybridized carbons (Fsp3) is 0.562. The molecule has 0 spiro atoms. The first kappa shape index (κ1) is 18.2. The van der Waals surface area contributed by atoms with E-state index in [4.69, 9.17) is 15.6 Å². The summed E-state index contributed by atoms with van der Waals surface area (Å²) in [6.45, 7) is 7.13. The van der Waals surface area contributed by atoms with Gasteiger partial charge < -0.3 is 20.9 Å². The number of ether oxygens (including phenoxy) is 1. The lowest BCUT2D eigenvalue weighted by Crippen LogP contribution is -2.41. The molecule has 0 radical (unpaired) electrons. The van der Waals surface area contributed by atoms with Gasteiger partial charge in [-0.3, -0.25) is 4.79 Å². The summed E-state index contributed by atoms with van der Waals surface area (Å²) in [6.07, 6.45) is 3.32. The van der Waals surface area contributed by atoms with Gasteiger partial charge in [0.05, 0.1) is 24.4 Å². The summed E-state index contributed by atoms with van der Waals surface area (Å²) in [7, 11) is 0. The maximum Gasteiger partial charge on any atom is 0.270 e. The molecule has 1 fully saturated rings. The number of aliphatic hydroxyl groups is 1. The van der Waals surface area contributed by atoms with Crippen LogP contribution in [0.1, 0.15) is 44.1 Å². The lowest BCUT2D eigenvalue weighted by atomic mass is 10.1. The normalized spacial score (nSPS) is 17.9. The van der Waals surface area contributed by atoms with E-state index in [0.29, 0.717) is 12.3 Å². The number of fused-ring (bicyclic) bond motifs is 1. The van der Waals surface area contributed by atoms with Crippen LogP contribution in [0.5, 0.6) is 0 Å². The second-order valence-electron chi connectivity index (χ2n) is 6.75. The van der Waals surface area contributed by atoms with Gasteiger partial charge in [-0.25, -0.2) is 9.50 Å². The number of anilines is 1. The fourth-order valence-electron chi connectivity index (χ4n) is 2.21. The molecular formula is C16H25N5O3. The molecule has 0 saturated carbocycles. The van der Waals surface area contributed by atoms with Gasteiger partial charge >= 0.3 is 0 Å². The standard InChI is InChI=1S/C11H15N5O.C5H10O2/c1-11(2,3)14-9(17)8-5-4-7-6-13-10(12)15-16(7)8;6-5-2-1-3-7-4-5/h4-6H,1-3H3,(H2,12,15)(H,14,17);5-6H,1-4H2. The average molecular weight is 335 g/mol. The van der Waals surface area contributed by atoms with Crippen molar-refractivity contribution in [1.29, 1.82) is 0 Å². The van der Waals surface area contributed by atoms with E-state index in [0.717, 1.165) is 25.0 Å². The Labute approximate surface area is 141 Å². The second kappa shape index (κ2) is 7.59. The van der Waals surface area contributed by atoms with Gasteiger partial charge in [-0.2, -0.15) is 0 Å². The van der Waals surface area contributed by atoms with Crippen LogP contribution >= 0.6 is 0 Å². The van der Waals surface area contributed by atoms with E-state index in [2.05, 4.69) is 15.4 Å². The van der Waals surface area contributed by atoms with E-state index in [1.165, 1.54) is 4.52 Å². The first-order chi connectivity index (χ1) is 11.3. The van der Waals surface area contributed by atoms with Crippen LogP contribution in [0.25, 0.3) is 5.52 Å². The number of rotatable bonds is 1.